The van der Waals surface area contributed by atoms with E-state index in [-0.39, 0.29) is 39.0 Å². The number of aromatic nitrogens is 2. The standard InChI is InChI=1S/C33H49N3O2/c1-21(2)22-10-15-33(28(38)36-19-18-34-20-36)17-16-31(6)23(27(22)33)8-9-25-30(5)13-12-26(37)35-29(3,4)24(30)11-14-32(25,31)7/h18-20,22-25,27H,1,8-17H2,2-7H3,(H,35,37)/t22-,23+,24-,25+,27+,30-,31+,32+,33-/m0/s1. The fraction of sp³-hybridized carbons (Fsp3) is 0.788. The zero-order chi connectivity index (χ0) is 27.3. The number of hydrogen-bond donors (Lipinski definition) is 1. The van der Waals surface area contributed by atoms with Crippen LogP contribution in [0.4, 0.5) is 0 Å². The smallest absolute Gasteiger partial charge is 0.238 e. The topological polar surface area (TPSA) is 64.0 Å². The van der Waals surface area contributed by atoms with Crippen molar-refractivity contribution >= 4 is 11.8 Å². The van der Waals surface area contributed by atoms with E-state index in [1.165, 1.54) is 31.3 Å². The van der Waals surface area contributed by atoms with Gasteiger partial charge in [-0.2, -0.15) is 0 Å². The van der Waals surface area contributed by atoms with Gasteiger partial charge >= 0.3 is 0 Å². The summed E-state index contributed by atoms with van der Waals surface area (Å²) in [4.78, 5) is 31.2. The third-order valence-corrected chi connectivity index (χ3v) is 13.7. The van der Waals surface area contributed by atoms with Gasteiger partial charge in [0.1, 0.15) is 6.33 Å². The second kappa shape index (κ2) is 8.30. The summed E-state index contributed by atoms with van der Waals surface area (Å²) in [5, 5.41) is 3.40. The Bertz CT molecular complexity index is 1150. The van der Waals surface area contributed by atoms with Crippen LogP contribution in [0.25, 0.3) is 0 Å². The van der Waals surface area contributed by atoms with E-state index in [1.54, 1.807) is 17.1 Å². The highest BCUT2D eigenvalue weighted by molar-refractivity contribution is 5.86. The Morgan fingerprint density at radius 3 is 2.42 bits per heavy atom. The van der Waals surface area contributed by atoms with Crippen LogP contribution in [0.15, 0.2) is 30.9 Å². The molecule has 6 rings (SSSR count). The molecule has 1 amide bonds. The summed E-state index contributed by atoms with van der Waals surface area (Å²) in [7, 11) is 0. The molecular formula is C33H49N3O2. The van der Waals surface area contributed by atoms with Crippen molar-refractivity contribution in [2.24, 2.45) is 51.2 Å². The average molecular weight is 520 g/mol. The van der Waals surface area contributed by atoms with Crippen molar-refractivity contribution in [3.8, 4) is 0 Å². The average Bonchev–Trinajstić information content (AvgIpc) is 3.50. The van der Waals surface area contributed by atoms with Gasteiger partial charge < -0.3 is 5.32 Å². The fourth-order valence-corrected chi connectivity index (χ4v) is 11.9. The highest BCUT2D eigenvalue weighted by Gasteiger charge is 2.71. The normalized spacial score (nSPS) is 47.5. The third-order valence-electron chi connectivity index (χ3n) is 13.7. The predicted molar refractivity (Wildman–Crippen MR) is 150 cm³/mol. The van der Waals surface area contributed by atoms with Crippen LogP contribution in [0.1, 0.15) is 111 Å². The molecule has 1 N–H and O–H groups in total. The number of rotatable bonds is 2. The molecule has 1 saturated heterocycles. The van der Waals surface area contributed by atoms with Crippen molar-refractivity contribution in [3.05, 3.63) is 30.9 Å². The lowest BCUT2D eigenvalue weighted by Gasteiger charge is -2.71. The van der Waals surface area contributed by atoms with Gasteiger partial charge in [0.2, 0.25) is 11.8 Å². The van der Waals surface area contributed by atoms with E-state index < -0.39 is 0 Å². The zero-order valence-electron chi connectivity index (χ0n) is 24.6. The molecule has 4 aliphatic carbocycles. The van der Waals surface area contributed by atoms with Gasteiger partial charge in [-0.15, -0.1) is 0 Å². The Balaban J connectivity index is 1.42. The number of allylic oxidation sites excluding steroid dienone is 1. The molecule has 4 saturated carbocycles. The van der Waals surface area contributed by atoms with E-state index in [9.17, 15) is 9.59 Å². The monoisotopic (exact) mass is 519 g/mol. The molecule has 0 spiro atoms. The Labute approximate surface area is 229 Å². The minimum atomic E-state index is -0.306. The number of nitrogens with one attached hydrogen (secondary N) is 1. The van der Waals surface area contributed by atoms with Crippen LogP contribution in [-0.2, 0) is 4.79 Å². The zero-order valence-corrected chi connectivity index (χ0v) is 24.6. The lowest BCUT2D eigenvalue weighted by Crippen LogP contribution is -2.66. The molecule has 1 aromatic rings. The first-order chi connectivity index (χ1) is 17.8. The SMILES string of the molecule is C=C(C)[C@@H]1CC[C@]2(C(=O)n3ccnc3)CC[C@]3(C)[C@H](CC[C@@H]4[C@@]5(C)CCC(=O)NC(C)(C)[C@@H]5CC[C@]43C)[C@@H]12. The molecule has 0 radical (unpaired) electrons. The molecule has 208 valence electrons. The van der Waals surface area contributed by atoms with E-state index in [2.05, 4.69) is 58.4 Å². The van der Waals surface area contributed by atoms with E-state index in [4.69, 9.17) is 0 Å². The Hall–Kier alpha value is -1.91. The minimum Gasteiger partial charge on any atom is -0.351 e. The number of amides is 1. The van der Waals surface area contributed by atoms with Crippen LogP contribution in [-0.4, -0.2) is 26.9 Å². The molecule has 0 unspecified atom stereocenters. The van der Waals surface area contributed by atoms with E-state index in [0.717, 1.165) is 32.1 Å². The molecule has 38 heavy (non-hydrogen) atoms. The first kappa shape index (κ1) is 26.3. The van der Waals surface area contributed by atoms with Gasteiger partial charge in [-0.25, -0.2) is 4.98 Å². The summed E-state index contributed by atoms with van der Waals surface area (Å²) < 4.78 is 1.77. The molecule has 2 heterocycles. The van der Waals surface area contributed by atoms with Gasteiger partial charge in [-0.3, -0.25) is 14.2 Å². The van der Waals surface area contributed by atoms with Crippen LogP contribution in [0.2, 0.25) is 0 Å². The second-order valence-electron chi connectivity index (χ2n) is 15.4. The lowest BCUT2D eigenvalue weighted by atomic mass is 9.33. The largest absolute Gasteiger partial charge is 0.351 e. The predicted octanol–water partition coefficient (Wildman–Crippen LogP) is 7.05. The molecule has 5 fully saturated rings. The molecule has 1 aromatic heterocycles. The van der Waals surface area contributed by atoms with Crippen LogP contribution in [0.5, 0.6) is 0 Å². The Morgan fingerprint density at radius 1 is 0.974 bits per heavy atom. The lowest BCUT2D eigenvalue weighted by molar-refractivity contribution is -0.219. The van der Waals surface area contributed by atoms with Crippen LogP contribution in [0.3, 0.4) is 0 Å². The molecule has 9 atom stereocenters. The maximum atomic E-state index is 14.2. The first-order valence-corrected chi connectivity index (χ1v) is 15.3. The summed E-state index contributed by atoms with van der Waals surface area (Å²) in [5.41, 5.74) is 1.32. The molecule has 0 aromatic carbocycles. The van der Waals surface area contributed by atoms with Crippen LogP contribution < -0.4 is 5.32 Å². The van der Waals surface area contributed by atoms with E-state index in [0.29, 0.717) is 36.0 Å². The molecule has 5 heteroatoms. The summed E-state index contributed by atoms with van der Waals surface area (Å²) in [6.45, 7) is 19.0. The number of fused-ring (bicyclic) bond motifs is 7. The highest BCUT2D eigenvalue weighted by atomic mass is 16.2. The van der Waals surface area contributed by atoms with E-state index in [1.807, 2.05) is 6.20 Å². The number of nitrogens with zero attached hydrogens (tertiary/aromatic N) is 2. The van der Waals surface area contributed by atoms with Crippen molar-refractivity contribution < 1.29 is 9.59 Å². The second-order valence-corrected chi connectivity index (χ2v) is 15.4. The fourth-order valence-electron chi connectivity index (χ4n) is 11.9. The van der Waals surface area contributed by atoms with Crippen molar-refractivity contribution in [2.75, 3.05) is 0 Å². The molecule has 1 aliphatic heterocycles. The maximum Gasteiger partial charge on any atom is 0.238 e. The Morgan fingerprint density at radius 2 is 1.74 bits per heavy atom. The molecule has 0 bridgehead atoms. The van der Waals surface area contributed by atoms with Gasteiger partial charge in [-0.05, 0) is 124 Å². The summed E-state index contributed by atoms with van der Waals surface area (Å²) in [6.07, 6.45) is 15.9. The Kier molecular flexibility index (Phi) is 5.75. The van der Waals surface area contributed by atoms with Crippen molar-refractivity contribution in [2.45, 2.75) is 111 Å². The van der Waals surface area contributed by atoms with Crippen molar-refractivity contribution in [1.29, 1.82) is 0 Å². The van der Waals surface area contributed by atoms with Gasteiger partial charge in [0.05, 0.1) is 5.41 Å². The van der Waals surface area contributed by atoms with E-state index >= 15 is 0 Å². The molecule has 5 aliphatic rings. The van der Waals surface area contributed by atoms with Gasteiger partial charge in [-0.1, -0.05) is 32.9 Å². The quantitative estimate of drug-likeness (QED) is 0.426. The number of carbonyl (C=O) groups excluding carboxylic acids is 2. The highest BCUT2D eigenvalue weighted by Crippen LogP contribution is 2.76. The summed E-state index contributed by atoms with van der Waals surface area (Å²) in [5.74, 6) is 2.88. The van der Waals surface area contributed by atoms with Crippen molar-refractivity contribution in [3.63, 3.8) is 0 Å². The number of imidazole rings is 1. The summed E-state index contributed by atoms with van der Waals surface area (Å²) in [6, 6.07) is 0. The number of hydrogen-bond acceptors (Lipinski definition) is 3. The molecule has 5 nitrogen and oxygen atoms in total. The van der Waals surface area contributed by atoms with Crippen LogP contribution in [0, 0.1) is 51.2 Å². The molecular weight excluding hydrogens is 470 g/mol. The van der Waals surface area contributed by atoms with Gasteiger partial charge in [0.15, 0.2) is 0 Å². The number of carbonyl (C=O) groups is 2. The summed E-state index contributed by atoms with van der Waals surface area (Å²) >= 11 is 0. The maximum absolute atomic E-state index is 14.2. The van der Waals surface area contributed by atoms with Gasteiger partial charge in [0.25, 0.3) is 0 Å². The first-order valence-electron chi connectivity index (χ1n) is 15.3. The minimum absolute atomic E-state index is 0.147. The van der Waals surface area contributed by atoms with Gasteiger partial charge in [0, 0.05) is 24.4 Å². The van der Waals surface area contributed by atoms with Crippen LogP contribution >= 0.6 is 0 Å². The third kappa shape index (κ3) is 3.25. The van der Waals surface area contributed by atoms with Crippen molar-refractivity contribution in [1.82, 2.24) is 14.9 Å².